The molecule has 1 saturated carbocycles. The SMILES string of the molecule is CC.CC.CC.CCC1=CC=CC2(CC(C)N)CC12.[HH]. The Labute approximate surface area is 123 Å². The molecule has 2 aliphatic carbocycles. The summed E-state index contributed by atoms with van der Waals surface area (Å²) in [4.78, 5) is 0. The first-order chi connectivity index (χ1) is 9.18. The molecule has 0 aliphatic heterocycles. The van der Waals surface area contributed by atoms with E-state index in [-0.39, 0.29) is 1.43 Å². The van der Waals surface area contributed by atoms with E-state index in [0.29, 0.717) is 11.5 Å². The van der Waals surface area contributed by atoms with Gasteiger partial charge in [0.1, 0.15) is 0 Å². The van der Waals surface area contributed by atoms with Crippen LogP contribution in [-0.2, 0) is 0 Å². The van der Waals surface area contributed by atoms with Gasteiger partial charge >= 0.3 is 0 Å². The topological polar surface area (TPSA) is 26.0 Å². The fourth-order valence-electron chi connectivity index (χ4n) is 2.74. The smallest absolute Gasteiger partial charge is 0.00189 e. The van der Waals surface area contributed by atoms with Gasteiger partial charge in [0.15, 0.2) is 0 Å². The third kappa shape index (κ3) is 5.95. The van der Waals surface area contributed by atoms with Crippen molar-refractivity contribution < 1.29 is 1.43 Å². The second-order valence-corrected chi connectivity index (χ2v) is 4.63. The third-order valence-corrected chi connectivity index (χ3v) is 3.41. The van der Waals surface area contributed by atoms with Gasteiger partial charge in [0.05, 0.1) is 0 Å². The minimum absolute atomic E-state index is 0. The molecule has 116 valence electrons. The van der Waals surface area contributed by atoms with Crippen molar-refractivity contribution in [3.63, 3.8) is 0 Å². The quantitative estimate of drug-likeness (QED) is 0.672. The maximum absolute atomic E-state index is 5.87. The number of allylic oxidation sites excluding steroid dienone is 4. The van der Waals surface area contributed by atoms with Crippen LogP contribution >= 0.6 is 0 Å². The molecule has 3 atom stereocenters. The van der Waals surface area contributed by atoms with E-state index in [1.807, 2.05) is 41.5 Å². The van der Waals surface area contributed by atoms with Gasteiger partial charge in [-0.25, -0.2) is 0 Å². The van der Waals surface area contributed by atoms with Crippen molar-refractivity contribution in [2.24, 2.45) is 17.1 Å². The largest absolute Gasteiger partial charge is 0.328 e. The molecule has 0 amide bonds. The Morgan fingerprint density at radius 2 is 1.79 bits per heavy atom. The highest BCUT2D eigenvalue weighted by atomic mass is 14.7. The lowest BCUT2D eigenvalue weighted by Crippen LogP contribution is -2.21. The van der Waals surface area contributed by atoms with Crippen LogP contribution in [0.4, 0.5) is 0 Å². The van der Waals surface area contributed by atoms with Gasteiger partial charge in [-0.15, -0.1) is 0 Å². The minimum atomic E-state index is 0. The molecule has 1 nitrogen and oxygen atoms in total. The normalized spacial score (nSPS) is 27.0. The van der Waals surface area contributed by atoms with Crippen LogP contribution in [0.15, 0.2) is 23.8 Å². The summed E-state index contributed by atoms with van der Waals surface area (Å²) in [6.07, 6.45) is 10.6. The first-order valence-electron chi connectivity index (χ1n) is 8.32. The number of nitrogens with two attached hydrogens (primary N) is 1. The van der Waals surface area contributed by atoms with Crippen molar-refractivity contribution in [1.82, 2.24) is 0 Å². The Morgan fingerprint density at radius 1 is 1.26 bits per heavy atom. The molecule has 3 unspecified atom stereocenters. The van der Waals surface area contributed by atoms with Crippen LogP contribution in [0.1, 0.15) is 76.1 Å². The highest BCUT2D eigenvalue weighted by Crippen LogP contribution is 2.62. The van der Waals surface area contributed by atoms with E-state index in [9.17, 15) is 0 Å². The first-order valence-corrected chi connectivity index (χ1v) is 8.32. The van der Waals surface area contributed by atoms with Crippen LogP contribution in [0.5, 0.6) is 0 Å². The molecule has 0 spiro atoms. The predicted octanol–water partition coefficient (Wildman–Crippen LogP) is 5.96. The maximum atomic E-state index is 5.87. The molecular weight excluding hydrogens is 230 g/mol. The average Bonchev–Trinajstić information content (AvgIpc) is 3.18. The molecule has 1 heteroatoms. The van der Waals surface area contributed by atoms with E-state index in [2.05, 4.69) is 32.1 Å². The van der Waals surface area contributed by atoms with Crippen LogP contribution in [0.3, 0.4) is 0 Å². The molecule has 0 aromatic rings. The van der Waals surface area contributed by atoms with E-state index in [0.717, 1.165) is 12.3 Å². The summed E-state index contributed by atoms with van der Waals surface area (Å²) < 4.78 is 0. The molecule has 2 rings (SSSR count). The molecule has 0 bridgehead atoms. The average molecular weight is 270 g/mol. The first kappa shape index (κ1) is 20.8. The summed E-state index contributed by atoms with van der Waals surface area (Å²) in [5.41, 5.74) is 7.96. The molecule has 0 aromatic carbocycles. The summed E-state index contributed by atoms with van der Waals surface area (Å²) in [5, 5.41) is 0. The van der Waals surface area contributed by atoms with E-state index in [4.69, 9.17) is 5.73 Å². The number of hydrogen-bond acceptors (Lipinski definition) is 1. The fraction of sp³-hybridized carbons (Fsp3) is 0.778. The van der Waals surface area contributed by atoms with Crippen molar-refractivity contribution in [1.29, 1.82) is 0 Å². The van der Waals surface area contributed by atoms with Crippen LogP contribution in [0.25, 0.3) is 0 Å². The molecule has 2 aliphatic rings. The van der Waals surface area contributed by atoms with Crippen LogP contribution < -0.4 is 5.73 Å². The molecule has 19 heavy (non-hydrogen) atoms. The van der Waals surface area contributed by atoms with Gasteiger partial charge in [0.2, 0.25) is 0 Å². The van der Waals surface area contributed by atoms with Gasteiger partial charge in [-0.2, -0.15) is 0 Å². The zero-order chi connectivity index (χ0) is 15.5. The predicted molar refractivity (Wildman–Crippen MR) is 92.5 cm³/mol. The van der Waals surface area contributed by atoms with E-state index >= 15 is 0 Å². The molecule has 0 radical (unpaired) electrons. The molecule has 0 aromatic heterocycles. The van der Waals surface area contributed by atoms with E-state index < -0.39 is 0 Å². The van der Waals surface area contributed by atoms with Crippen molar-refractivity contribution in [3.05, 3.63) is 23.8 Å². The van der Waals surface area contributed by atoms with Gasteiger partial charge in [-0.05, 0) is 37.5 Å². The van der Waals surface area contributed by atoms with E-state index in [1.165, 1.54) is 12.8 Å². The van der Waals surface area contributed by atoms with Crippen LogP contribution in [-0.4, -0.2) is 6.04 Å². The van der Waals surface area contributed by atoms with Gasteiger partial charge in [-0.1, -0.05) is 72.3 Å². The van der Waals surface area contributed by atoms with Crippen molar-refractivity contribution in [2.75, 3.05) is 0 Å². The van der Waals surface area contributed by atoms with Crippen molar-refractivity contribution >= 4 is 0 Å². The van der Waals surface area contributed by atoms with Crippen LogP contribution in [0.2, 0.25) is 0 Å². The molecule has 2 N–H and O–H groups in total. The Morgan fingerprint density at radius 3 is 2.21 bits per heavy atom. The summed E-state index contributed by atoms with van der Waals surface area (Å²) in [6.45, 7) is 16.4. The monoisotopic (exact) mass is 269 g/mol. The molecule has 1 fully saturated rings. The van der Waals surface area contributed by atoms with Gasteiger partial charge in [0.25, 0.3) is 0 Å². The van der Waals surface area contributed by atoms with Gasteiger partial charge < -0.3 is 5.73 Å². The lowest BCUT2D eigenvalue weighted by Gasteiger charge is -2.19. The standard InChI is InChI=1S/C12H19N.3C2H6.H2/c1-3-10-5-4-6-12(7-9(2)13)8-11(10)12;3*1-2;/h4-6,9,11H,3,7-8,13H2,1-2H3;3*1-2H3;1H. The Bertz CT molecular complexity index is 269. The second kappa shape index (κ2) is 11.3. The third-order valence-electron chi connectivity index (χ3n) is 3.41. The minimum Gasteiger partial charge on any atom is -0.328 e. The summed E-state index contributed by atoms with van der Waals surface area (Å²) >= 11 is 0. The summed E-state index contributed by atoms with van der Waals surface area (Å²) in [6, 6.07) is 0.339. The highest BCUT2D eigenvalue weighted by Gasteiger charge is 2.53. The zero-order valence-electron chi connectivity index (χ0n) is 14.6. The van der Waals surface area contributed by atoms with Gasteiger partial charge in [0, 0.05) is 7.47 Å². The maximum Gasteiger partial charge on any atom is 0.00189 e. The number of rotatable bonds is 3. The second-order valence-electron chi connectivity index (χ2n) is 4.63. The van der Waals surface area contributed by atoms with E-state index in [1.54, 1.807) is 5.57 Å². The van der Waals surface area contributed by atoms with Crippen LogP contribution in [0, 0.1) is 11.3 Å². The highest BCUT2D eigenvalue weighted by molar-refractivity contribution is 5.35. The Kier molecular flexibility index (Phi) is 12.3. The Hall–Kier alpha value is -0.560. The summed E-state index contributed by atoms with van der Waals surface area (Å²) in [7, 11) is 0. The number of fused-ring (bicyclic) bond motifs is 1. The lowest BCUT2D eigenvalue weighted by atomic mass is 9.88. The zero-order valence-corrected chi connectivity index (χ0v) is 14.6. The molecular formula is C18H39N. The van der Waals surface area contributed by atoms with Crippen molar-refractivity contribution in [3.8, 4) is 0 Å². The lowest BCUT2D eigenvalue weighted by molar-refractivity contribution is 0.481. The van der Waals surface area contributed by atoms with Crippen molar-refractivity contribution in [2.45, 2.75) is 80.7 Å². The Balaban J connectivity index is -0.000000368. The number of hydrogen-bond donors (Lipinski definition) is 1. The molecule has 0 saturated heterocycles. The molecule has 0 heterocycles. The fourth-order valence-corrected chi connectivity index (χ4v) is 2.74. The summed E-state index contributed by atoms with van der Waals surface area (Å²) in [5.74, 6) is 0.827. The van der Waals surface area contributed by atoms with Gasteiger partial charge in [-0.3, -0.25) is 0 Å².